The van der Waals surface area contributed by atoms with E-state index in [0.717, 1.165) is 24.5 Å². The summed E-state index contributed by atoms with van der Waals surface area (Å²) in [7, 11) is 0. The average molecular weight is 325 g/mol. The number of aromatic carboxylic acids is 1. The Balaban J connectivity index is 1.63. The van der Waals surface area contributed by atoms with Gasteiger partial charge in [0.05, 0.1) is 24.3 Å². The van der Waals surface area contributed by atoms with Crippen molar-refractivity contribution in [3.8, 4) is 11.5 Å². The van der Waals surface area contributed by atoms with Crippen LogP contribution in [0.4, 0.5) is 5.82 Å². The quantitative estimate of drug-likeness (QED) is 0.791. The van der Waals surface area contributed by atoms with Gasteiger partial charge in [-0.15, -0.1) is 0 Å². The van der Waals surface area contributed by atoms with Crippen LogP contribution in [0.3, 0.4) is 0 Å². The predicted molar refractivity (Wildman–Crippen MR) is 87.2 cm³/mol. The minimum Gasteiger partial charge on any atom is -0.478 e. The van der Waals surface area contributed by atoms with Gasteiger partial charge in [-0.2, -0.15) is 0 Å². The van der Waals surface area contributed by atoms with Gasteiger partial charge in [0.2, 0.25) is 5.89 Å². The van der Waals surface area contributed by atoms with E-state index in [1.807, 2.05) is 12.1 Å². The second-order valence-electron chi connectivity index (χ2n) is 5.51. The van der Waals surface area contributed by atoms with Crippen molar-refractivity contribution in [2.24, 2.45) is 0 Å². The normalized spacial score (nSPS) is 14.9. The minimum absolute atomic E-state index is 0.183. The minimum atomic E-state index is -0.988. The molecule has 1 aliphatic rings. The van der Waals surface area contributed by atoms with Crippen molar-refractivity contribution < 1.29 is 19.1 Å². The van der Waals surface area contributed by atoms with Gasteiger partial charge in [-0.3, -0.25) is 0 Å². The van der Waals surface area contributed by atoms with Crippen LogP contribution in [0.25, 0.3) is 22.6 Å². The molecule has 4 rings (SSSR count). The lowest BCUT2D eigenvalue weighted by molar-refractivity contribution is 0.0697. The third kappa shape index (κ3) is 2.69. The molecule has 0 bridgehead atoms. The monoisotopic (exact) mass is 325 g/mol. The maximum absolute atomic E-state index is 11.0. The van der Waals surface area contributed by atoms with E-state index < -0.39 is 5.97 Å². The molecule has 7 nitrogen and oxygen atoms in total. The van der Waals surface area contributed by atoms with Crippen LogP contribution in [0.2, 0.25) is 0 Å². The number of fused-ring (bicyclic) bond motifs is 1. The number of aromatic nitrogens is 2. The van der Waals surface area contributed by atoms with Crippen LogP contribution in [-0.4, -0.2) is 47.3 Å². The van der Waals surface area contributed by atoms with Gasteiger partial charge in [0.15, 0.2) is 5.58 Å². The first-order valence-corrected chi connectivity index (χ1v) is 7.64. The lowest BCUT2D eigenvalue weighted by Gasteiger charge is -2.27. The van der Waals surface area contributed by atoms with Gasteiger partial charge in [0, 0.05) is 19.3 Å². The largest absolute Gasteiger partial charge is 0.478 e. The number of benzene rings is 1. The Morgan fingerprint density at radius 2 is 2.00 bits per heavy atom. The first kappa shape index (κ1) is 14.6. The molecule has 2 aromatic heterocycles. The van der Waals surface area contributed by atoms with Gasteiger partial charge >= 0.3 is 5.97 Å². The third-order valence-corrected chi connectivity index (χ3v) is 3.96. The number of carboxylic acids is 1. The zero-order valence-electron chi connectivity index (χ0n) is 12.8. The molecule has 0 aliphatic carbocycles. The lowest BCUT2D eigenvalue weighted by Crippen LogP contribution is -2.36. The van der Waals surface area contributed by atoms with Gasteiger partial charge in [0.1, 0.15) is 11.3 Å². The Hall–Kier alpha value is -2.93. The summed E-state index contributed by atoms with van der Waals surface area (Å²) in [5, 5.41) is 9.04. The number of anilines is 1. The third-order valence-electron chi connectivity index (χ3n) is 3.96. The number of rotatable bonds is 3. The van der Waals surface area contributed by atoms with Gasteiger partial charge in [-0.05, 0) is 30.3 Å². The molecular formula is C17H15N3O4. The van der Waals surface area contributed by atoms with Crippen LogP contribution in [-0.2, 0) is 4.74 Å². The second kappa shape index (κ2) is 5.93. The highest BCUT2D eigenvalue weighted by Gasteiger charge is 2.14. The molecule has 1 aromatic carbocycles. The summed E-state index contributed by atoms with van der Waals surface area (Å²) >= 11 is 0. The van der Waals surface area contributed by atoms with E-state index in [1.54, 1.807) is 12.3 Å². The lowest BCUT2D eigenvalue weighted by atomic mass is 10.2. The van der Waals surface area contributed by atoms with Crippen molar-refractivity contribution in [1.82, 2.24) is 9.97 Å². The standard InChI is InChI=1S/C17H15N3O4/c21-17(22)11-1-3-14-13(9-11)19-16(24-14)12-2-4-15(18-10-12)20-5-7-23-8-6-20/h1-4,9-10H,5-8H2,(H,21,22). The highest BCUT2D eigenvalue weighted by Crippen LogP contribution is 2.25. The van der Waals surface area contributed by atoms with Gasteiger partial charge in [-0.25, -0.2) is 14.8 Å². The molecule has 3 heterocycles. The van der Waals surface area contributed by atoms with Crippen LogP contribution in [0, 0.1) is 0 Å². The first-order valence-electron chi connectivity index (χ1n) is 7.64. The molecule has 122 valence electrons. The number of hydrogen-bond acceptors (Lipinski definition) is 6. The van der Waals surface area contributed by atoms with E-state index in [2.05, 4.69) is 14.9 Å². The Labute approximate surface area is 137 Å². The Morgan fingerprint density at radius 3 is 2.71 bits per heavy atom. The molecular weight excluding hydrogens is 310 g/mol. The van der Waals surface area contributed by atoms with Crippen molar-refractivity contribution in [2.75, 3.05) is 31.2 Å². The van der Waals surface area contributed by atoms with E-state index in [1.165, 1.54) is 12.1 Å². The molecule has 0 unspecified atom stereocenters. The molecule has 0 saturated carbocycles. The summed E-state index contributed by atoms with van der Waals surface area (Å²) in [5.41, 5.74) is 2.00. The number of carboxylic acid groups (broad SMARTS) is 1. The van der Waals surface area contributed by atoms with Crippen molar-refractivity contribution >= 4 is 22.9 Å². The molecule has 0 amide bonds. The molecule has 1 fully saturated rings. The molecule has 7 heteroatoms. The molecule has 1 N–H and O–H groups in total. The molecule has 0 radical (unpaired) electrons. The van der Waals surface area contributed by atoms with Crippen LogP contribution < -0.4 is 4.90 Å². The zero-order chi connectivity index (χ0) is 16.5. The Morgan fingerprint density at radius 1 is 1.17 bits per heavy atom. The highest BCUT2D eigenvalue weighted by molar-refractivity contribution is 5.92. The van der Waals surface area contributed by atoms with Crippen molar-refractivity contribution in [3.63, 3.8) is 0 Å². The number of hydrogen-bond donors (Lipinski definition) is 1. The van der Waals surface area contributed by atoms with Crippen molar-refractivity contribution in [2.45, 2.75) is 0 Å². The number of carbonyl (C=O) groups is 1. The van der Waals surface area contributed by atoms with Crippen LogP contribution in [0.1, 0.15) is 10.4 Å². The summed E-state index contributed by atoms with van der Waals surface area (Å²) in [4.78, 5) is 22.0. The van der Waals surface area contributed by atoms with E-state index in [0.29, 0.717) is 30.2 Å². The fraction of sp³-hybridized carbons (Fsp3) is 0.235. The predicted octanol–water partition coefficient (Wildman–Crippen LogP) is 2.42. The smallest absolute Gasteiger partial charge is 0.335 e. The SMILES string of the molecule is O=C(O)c1ccc2oc(-c3ccc(N4CCOCC4)nc3)nc2c1. The fourth-order valence-electron chi connectivity index (χ4n) is 2.68. The van der Waals surface area contributed by atoms with Crippen LogP contribution in [0.5, 0.6) is 0 Å². The van der Waals surface area contributed by atoms with E-state index in [9.17, 15) is 4.79 Å². The van der Waals surface area contributed by atoms with Gasteiger partial charge in [0.25, 0.3) is 0 Å². The first-order chi connectivity index (χ1) is 11.7. The molecule has 24 heavy (non-hydrogen) atoms. The highest BCUT2D eigenvalue weighted by atomic mass is 16.5. The number of ether oxygens (including phenoxy) is 1. The van der Waals surface area contributed by atoms with Crippen LogP contribution in [0.15, 0.2) is 40.9 Å². The molecule has 3 aromatic rings. The number of pyridine rings is 1. The van der Waals surface area contributed by atoms with E-state index in [-0.39, 0.29) is 5.56 Å². The summed E-state index contributed by atoms with van der Waals surface area (Å²) in [5.74, 6) is 0.331. The van der Waals surface area contributed by atoms with Crippen LogP contribution >= 0.6 is 0 Å². The van der Waals surface area contributed by atoms with E-state index >= 15 is 0 Å². The Bertz CT molecular complexity index is 882. The zero-order valence-corrected chi connectivity index (χ0v) is 12.8. The number of morpholine rings is 1. The summed E-state index contributed by atoms with van der Waals surface area (Å²) in [6.45, 7) is 3.07. The molecule has 0 atom stereocenters. The molecule has 1 aliphatic heterocycles. The second-order valence-corrected chi connectivity index (χ2v) is 5.51. The fourth-order valence-corrected chi connectivity index (χ4v) is 2.68. The average Bonchev–Trinajstić information content (AvgIpc) is 3.06. The summed E-state index contributed by atoms with van der Waals surface area (Å²) < 4.78 is 11.0. The van der Waals surface area contributed by atoms with Crippen molar-refractivity contribution in [1.29, 1.82) is 0 Å². The maximum Gasteiger partial charge on any atom is 0.335 e. The van der Waals surface area contributed by atoms with Gasteiger partial charge < -0.3 is 19.2 Å². The summed E-state index contributed by atoms with van der Waals surface area (Å²) in [6, 6.07) is 8.45. The molecule has 0 spiro atoms. The summed E-state index contributed by atoms with van der Waals surface area (Å²) in [6.07, 6.45) is 1.72. The van der Waals surface area contributed by atoms with Gasteiger partial charge in [-0.1, -0.05) is 0 Å². The molecule has 1 saturated heterocycles. The number of nitrogens with zero attached hydrogens (tertiary/aromatic N) is 3. The maximum atomic E-state index is 11.0. The van der Waals surface area contributed by atoms with E-state index in [4.69, 9.17) is 14.3 Å². The topological polar surface area (TPSA) is 88.7 Å². The van der Waals surface area contributed by atoms with Crippen molar-refractivity contribution in [3.05, 3.63) is 42.1 Å². The number of oxazole rings is 1. The Kier molecular flexibility index (Phi) is 3.62.